The molecule has 70 valence electrons. The first-order valence-electron chi connectivity index (χ1n) is 4.95. The summed E-state index contributed by atoms with van der Waals surface area (Å²) in [6, 6.07) is 1.50. The van der Waals surface area contributed by atoms with E-state index in [4.69, 9.17) is 5.73 Å². The second kappa shape index (κ2) is 3.32. The predicted octanol–water partition coefficient (Wildman–Crippen LogP) is -0.276. The molecular formula is C9H19N3. The first-order valence-corrected chi connectivity index (χ1v) is 4.95. The summed E-state index contributed by atoms with van der Waals surface area (Å²) in [5.41, 5.74) is 5.72. The smallest absolute Gasteiger partial charge is 0.0353 e. The molecule has 0 aromatic rings. The fourth-order valence-electron chi connectivity index (χ4n) is 2.47. The zero-order valence-corrected chi connectivity index (χ0v) is 7.87. The number of hydrogen-bond donors (Lipinski definition) is 1. The molecular weight excluding hydrogens is 150 g/mol. The minimum Gasteiger partial charge on any atom is -0.329 e. The molecule has 2 aliphatic rings. The van der Waals surface area contributed by atoms with E-state index in [2.05, 4.69) is 16.8 Å². The molecule has 0 aromatic heterocycles. The van der Waals surface area contributed by atoms with Gasteiger partial charge in [-0.15, -0.1) is 0 Å². The molecule has 2 rings (SSSR count). The van der Waals surface area contributed by atoms with Crippen molar-refractivity contribution in [3.05, 3.63) is 0 Å². The van der Waals surface area contributed by atoms with Crippen LogP contribution in [0.1, 0.15) is 12.8 Å². The van der Waals surface area contributed by atoms with Crippen LogP contribution in [0.5, 0.6) is 0 Å². The van der Waals surface area contributed by atoms with E-state index in [-0.39, 0.29) is 0 Å². The van der Waals surface area contributed by atoms with Crippen molar-refractivity contribution < 1.29 is 0 Å². The lowest BCUT2D eigenvalue weighted by atomic mass is 10.1. The van der Waals surface area contributed by atoms with Crippen LogP contribution < -0.4 is 5.73 Å². The van der Waals surface area contributed by atoms with E-state index in [0.29, 0.717) is 6.04 Å². The third-order valence-corrected chi connectivity index (χ3v) is 3.21. The zero-order chi connectivity index (χ0) is 8.55. The Bertz CT molecular complexity index is 154. The highest BCUT2D eigenvalue weighted by Gasteiger charge is 2.35. The largest absolute Gasteiger partial charge is 0.329 e. The van der Waals surface area contributed by atoms with Gasteiger partial charge in [0.25, 0.3) is 0 Å². The van der Waals surface area contributed by atoms with E-state index in [1.54, 1.807) is 0 Å². The van der Waals surface area contributed by atoms with Crippen LogP contribution in [0.15, 0.2) is 0 Å². The average molecular weight is 169 g/mol. The van der Waals surface area contributed by atoms with E-state index in [1.807, 2.05) is 0 Å². The molecule has 0 aromatic carbocycles. The number of rotatable bonds is 2. The number of hydrogen-bond acceptors (Lipinski definition) is 3. The third-order valence-electron chi connectivity index (χ3n) is 3.21. The summed E-state index contributed by atoms with van der Waals surface area (Å²) in [6.07, 6.45) is 2.67. The van der Waals surface area contributed by atoms with Gasteiger partial charge in [-0.3, -0.25) is 4.90 Å². The topological polar surface area (TPSA) is 32.5 Å². The van der Waals surface area contributed by atoms with Crippen LogP contribution in [-0.2, 0) is 0 Å². The predicted molar refractivity (Wildman–Crippen MR) is 50.1 cm³/mol. The van der Waals surface area contributed by atoms with E-state index >= 15 is 0 Å². The second-order valence-electron chi connectivity index (χ2n) is 4.14. The maximum Gasteiger partial charge on any atom is 0.0353 e. The molecule has 0 amide bonds. The van der Waals surface area contributed by atoms with Crippen LogP contribution in [-0.4, -0.2) is 55.1 Å². The second-order valence-corrected chi connectivity index (χ2v) is 4.14. The van der Waals surface area contributed by atoms with Crippen LogP contribution in [0.25, 0.3) is 0 Å². The van der Waals surface area contributed by atoms with Crippen molar-refractivity contribution >= 4 is 0 Å². The summed E-state index contributed by atoms with van der Waals surface area (Å²) in [5.74, 6) is 0. The molecule has 12 heavy (non-hydrogen) atoms. The number of likely N-dealkylation sites (N-methyl/N-ethyl adjacent to an activating group) is 1. The van der Waals surface area contributed by atoms with Crippen molar-refractivity contribution in [3.63, 3.8) is 0 Å². The third kappa shape index (κ3) is 1.37. The van der Waals surface area contributed by atoms with Crippen LogP contribution in [0.3, 0.4) is 0 Å². The summed E-state index contributed by atoms with van der Waals surface area (Å²) in [6.45, 7) is 4.62. The van der Waals surface area contributed by atoms with Gasteiger partial charge in [0, 0.05) is 31.7 Å². The van der Waals surface area contributed by atoms with Crippen LogP contribution >= 0.6 is 0 Å². The maximum atomic E-state index is 5.72. The van der Waals surface area contributed by atoms with Crippen molar-refractivity contribution in [3.8, 4) is 0 Å². The molecule has 3 heteroatoms. The van der Waals surface area contributed by atoms with Crippen LogP contribution in [0, 0.1) is 0 Å². The highest BCUT2D eigenvalue weighted by atomic mass is 15.3. The Hall–Kier alpha value is -0.120. The Morgan fingerprint density at radius 3 is 2.75 bits per heavy atom. The minimum atomic E-state index is 0.684. The van der Waals surface area contributed by atoms with Crippen LogP contribution in [0.4, 0.5) is 0 Å². The Morgan fingerprint density at radius 1 is 1.42 bits per heavy atom. The van der Waals surface area contributed by atoms with E-state index < -0.39 is 0 Å². The zero-order valence-electron chi connectivity index (χ0n) is 7.87. The Kier molecular flexibility index (Phi) is 2.35. The Labute approximate surface area is 74.5 Å². The van der Waals surface area contributed by atoms with Gasteiger partial charge in [-0.25, -0.2) is 0 Å². The molecule has 2 aliphatic heterocycles. The molecule has 0 aliphatic carbocycles. The lowest BCUT2D eigenvalue weighted by molar-refractivity contribution is 0.0460. The SMILES string of the molecule is CN1CC(N2CCCC2CN)C1. The first-order chi connectivity index (χ1) is 5.81. The summed E-state index contributed by atoms with van der Waals surface area (Å²) >= 11 is 0. The highest BCUT2D eigenvalue weighted by molar-refractivity contribution is 4.92. The molecule has 0 spiro atoms. The van der Waals surface area contributed by atoms with Gasteiger partial charge in [-0.05, 0) is 26.4 Å². The molecule has 1 unspecified atom stereocenters. The molecule has 0 saturated carbocycles. The fourth-order valence-corrected chi connectivity index (χ4v) is 2.47. The highest BCUT2D eigenvalue weighted by Crippen LogP contribution is 2.23. The van der Waals surface area contributed by atoms with Crippen LogP contribution in [0.2, 0.25) is 0 Å². The number of likely N-dealkylation sites (tertiary alicyclic amines) is 2. The molecule has 3 nitrogen and oxygen atoms in total. The summed E-state index contributed by atoms with van der Waals surface area (Å²) < 4.78 is 0. The van der Waals surface area contributed by atoms with Gasteiger partial charge >= 0.3 is 0 Å². The van der Waals surface area contributed by atoms with Crippen molar-refractivity contribution in [2.45, 2.75) is 24.9 Å². The standard InChI is InChI=1S/C9H19N3/c1-11-6-9(7-11)12-4-2-3-8(12)5-10/h8-9H,2-7,10H2,1H3. The molecule has 1 atom stereocenters. The number of nitrogens with zero attached hydrogens (tertiary/aromatic N) is 2. The van der Waals surface area contributed by atoms with Crippen molar-refractivity contribution in [1.82, 2.24) is 9.80 Å². The van der Waals surface area contributed by atoms with Crippen molar-refractivity contribution in [2.24, 2.45) is 5.73 Å². The lowest BCUT2D eigenvalue weighted by Crippen LogP contribution is -2.59. The molecule has 2 saturated heterocycles. The molecule has 2 heterocycles. The van der Waals surface area contributed by atoms with Gasteiger partial charge in [0.2, 0.25) is 0 Å². The van der Waals surface area contributed by atoms with E-state index in [0.717, 1.165) is 12.6 Å². The summed E-state index contributed by atoms with van der Waals surface area (Å²) in [7, 11) is 2.18. The van der Waals surface area contributed by atoms with Gasteiger partial charge in [0.1, 0.15) is 0 Å². The molecule has 0 radical (unpaired) electrons. The molecule has 2 fully saturated rings. The Morgan fingerprint density at radius 2 is 2.17 bits per heavy atom. The quantitative estimate of drug-likeness (QED) is 0.617. The first kappa shape index (κ1) is 8.48. The van der Waals surface area contributed by atoms with E-state index in [9.17, 15) is 0 Å². The average Bonchev–Trinajstić information content (AvgIpc) is 2.45. The van der Waals surface area contributed by atoms with Gasteiger partial charge in [0.05, 0.1) is 0 Å². The van der Waals surface area contributed by atoms with E-state index in [1.165, 1.54) is 32.5 Å². The van der Waals surface area contributed by atoms with Crippen molar-refractivity contribution in [1.29, 1.82) is 0 Å². The van der Waals surface area contributed by atoms with Crippen molar-refractivity contribution in [2.75, 3.05) is 33.2 Å². The Balaban J connectivity index is 1.86. The van der Waals surface area contributed by atoms with Gasteiger partial charge in [0.15, 0.2) is 0 Å². The normalized spacial score (nSPS) is 34.0. The van der Waals surface area contributed by atoms with Gasteiger partial charge in [-0.2, -0.15) is 0 Å². The monoisotopic (exact) mass is 169 g/mol. The fraction of sp³-hybridized carbons (Fsp3) is 1.00. The number of nitrogens with two attached hydrogens (primary N) is 1. The molecule has 0 bridgehead atoms. The summed E-state index contributed by atoms with van der Waals surface area (Å²) in [5, 5.41) is 0. The maximum absolute atomic E-state index is 5.72. The summed E-state index contributed by atoms with van der Waals surface area (Å²) in [4.78, 5) is 4.98. The van der Waals surface area contributed by atoms with Gasteiger partial charge < -0.3 is 10.6 Å². The van der Waals surface area contributed by atoms with Gasteiger partial charge in [-0.1, -0.05) is 0 Å². The minimum absolute atomic E-state index is 0.684. The molecule has 2 N–H and O–H groups in total. The lowest BCUT2D eigenvalue weighted by Gasteiger charge is -2.44.